The molecule has 1 aromatic rings. The van der Waals surface area contributed by atoms with Crippen LogP contribution in [0, 0.1) is 13.8 Å². The number of amides is 1. The van der Waals surface area contributed by atoms with Crippen molar-refractivity contribution in [1.82, 2.24) is 9.47 Å². The molecule has 1 amide bonds. The van der Waals surface area contributed by atoms with E-state index in [1.54, 1.807) is 46.4 Å². The van der Waals surface area contributed by atoms with E-state index in [9.17, 15) is 14.4 Å². The first kappa shape index (κ1) is 21.9. The number of rotatable bonds is 9. The summed E-state index contributed by atoms with van der Waals surface area (Å²) in [6.07, 6.45) is 0.647. The van der Waals surface area contributed by atoms with E-state index in [4.69, 9.17) is 9.47 Å². The molecule has 146 valence electrons. The first-order valence-electron chi connectivity index (χ1n) is 8.82. The number of aromatic nitrogens is 1. The van der Waals surface area contributed by atoms with Gasteiger partial charge in [-0.1, -0.05) is 0 Å². The molecule has 0 aromatic carbocycles. The quantitative estimate of drug-likeness (QED) is 0.381. The molecule has 0 bridgehead atoms. The van der Waals surface area contributed by atoms with Crippen LogP contribution in [0.15, 0.2) is 0 Å². The number of ether oxygens (including phenoxy) is 2. The van der Waals surface area contributed by atoms with Crippen molar-refractivity contribution in [2.75, 3.05) is 26.9 Å². The number of methoxy groups -OCH3 is 1. The molecule has 0 saturated carbocycles. The van der Waals surface area contributed by atoms with Crippen molar-refractivity contribution in [2.24, 2.45) is 7.05 Å². The lowest BCUT2D eigenvalue weighted by molar-refractivity contribution is -0.130. The molecule has 0 aliphatic rings. The summed E-state index contributed by atoms with van der Waals surface area (Å²) in [5, 5.41) is 0. The van der Waals surface area contributed by atoms with E-state index in [0.717, 1.165) is 0 Å². The Morgan fingerprint density at radius 1 is 1.23 bits per heavy atom. The van der Waals surface area contributed by atoms with Crippen molar-refractivity contribution in [1.29, 1.82) is 0 Å². The lowest BCUT2D eigenvalue weighted by atomic mass is 9.99. The SMILES string of the molecule is CCOC(=O)c1c(C)c(C(=O)C(C)N(CCCOC)C(C)=O)c(C)n1C. The number of carbonyl (C=O) groups is 3. The highest BCUT2D eigenvalue weighted by Crippen LogP contribution is 2.24. The zero-order valence-electron chi connectivity index (χ0n) is 16.8. The zero-order valence-corrected chi connectivity index (χ0v) is 16.8. The Morgan fingerprint density at radius 3 is 2.35 bits per heavy atom. The summed E-state index contributed by atoms with van der Waals surface area (Å²) in [5.41, 5.74) is 2.11. The number of hydrogen-bond acceptors (Lipinski definition) is 5. The Morgan fingerprint density at radius 2 is 1.85 bits per heavy atom. The molecule has 26 heavy (non-hydrogen) atoms. The molecule has 0 aliphatic heterocycles. The van der Waals surface area contributed by atoms with Crippen LogP contribution in [0.4, 0.5) is 0 Å². The van der Waals surface area contributed by atoms with Gasteiger partial charge in [0.05, 0.1) is 12.6 Å². The van der Waals surface area contributed by atoms with Crippen LogP contribution >= 0.6 is 0 Å². The number of ketones is 1. The third-order valence-corrected chi connectivity index (χ3v) is 4.64. The molecule has 0 saturated heterocycles. The summed E-state index contributed by atoms with van der Waals surface area (Å²) in [5.74, 6) is -0.802. The average molecular weight is 366 g/mol. The highest BCUT2D eigenvalue weighted by molar-refractivity contribution is 6.06. The highest BCUT2D eigenvalue weighted by Gasteiger charge is 2.31. The highest BCUT2D eigenvalue weighted by atomic mass is 16.5. The summed E-state index contributed by atoms with van der Waals surface area (Å²) < 4.78 is 11.8. The molecule has 0 fully saturated rings. The Hall–Kier alpha value is -2.15. The van der Waals surface area contributed by atoms with Crippen molar-refractivity contribution in [3.63, 3.8) is 0 Å². The molecule has 1 aromatic heterocycles. The predicted octanol–water partition coefficient (Wildman–Crippen LogP) is 2.27. The van der Waals surface area contributed by atoms with Gasteiger partial charge in [0, 0.05) is 45.5 Å². The molecule has 1 atom stereocenters. The van der Waals surface area contributed by atoms with Crippen molar-refractivity contribution < 1.29 is 23.9 Å². The smallest absolute Gasteiger partial charge is 0.355 e. The largest absolute Gasteiger partial charge is 0.461 e. The van der Waals surface area contributed by atoms with Crippen LogP contribution in [0.2, 0.25) is 0 Å². The van der Waals surface area contributed by atoms with Crippen LogP contribution in [0.1, 0.15) is 59.3 Å². The molecule has 0 aliphatic carbocycles. The van der Waals surface area contributed by atoms with Gasteiger partial charge in [-0.2, -0.15) is 0 Å². The van der Waals surface area contributed by atoms with Gasteiger partial charge in [-0.05, 0) is 39.7 Å². The summed E-state index contributed by atoms with van der Waals surface area (Å²) >= 11 is 0. The van der Waals surface area contributed by atoms with Gasteiger partial charge < -0.3 is 18.9 Å². The fourth-order valence-corrected chi connectivity index (χ4v) is 3.18. The minimum absolute atomic E-state index is 0.168. The third-order valence-electron chi connectivity index (χ3n) is 4.64. The molecule has 7 nitrogen and oxygen atoms in total. The van der Waals surface area contributed by atoms with E-state index in [1.807, 2.05) is 0 Å². The maximum Gasteiger partial charge on any atom is 0.355 e. The molecular weight excluding hydrogens is 336 g/mol. The van der Waals surface area contributed by atoms with E-state index < -0.39 is 12.0 Å². The maximum absolute atomic E-state index is 13.1. The number of nitrogens with zero attached hydrogens (tertiary/aromatic N) is 2. The van der Waals surface area contributed by atoms with Crippen LogP contribution in [-0.4, -0.2) is 60.0 Å². The number of esters is 1. The van der Waals surface area contributed by atoms with E-state index in [2.05, 4.69) is 0 Å². The van der Waals surface area contributed by atoms with Crippen LogP contribution in [0.3, 0.4) is 0 Å². The van der Waals surface area contributed by atoms with Gasteiger partial charge in [0.2, 0.25) is 5.91 Å². The monoisotopic (exact) mass is 366 g/mol. The Kier molecular flexibility index (Phi) is 8.02. The Labute approximate surface area is 155 Å². The zero-order chi connectivity index (χ0) is 20.0. The molecular formula is C19H30N2O5. The second-order valence-electron chi connectivity index (χ2n) is 6.31. The molecule has 0 N–H and O–H groups in total. The van der Waals surface area contributed by atoms with Crippen molar-refractivity contribution in [2.45, 2.75) is 47.1 Å². The van der Waals surface area contributed by atoms with E-state index in [1.165, 1.54) is 11.8 Å². The second kappa shape index (κ2) is 9.52. The minimum atomic E-state index is -0.626. The lowest BCUT2D eigenvalue weighted by Crippen LogP contribution is -2.43. The van der Waals surface area contributed by atoms with Gasteiger partial charge in [-0.25, -0.2) is 4.79 Å². The molecule has 7 heteroatoms. The Balaban J connectivity index is 3.20. The summed E-state index contributed by atoms with van der Waals surface area (Å²) in [6, 6.07) is -0.626. The number of hydrogen-bond donors (Lipinski definition) is 0. The summed E-state index contributed by atoms with van der Waals surface area (Å²) in [4.78, 5) is 38.9. The topological polar surface area (TPSA) is 77.8 Å². The van der Waals surface area contributed by atoms with Gasteiger partial charge in [-0.15, -0.1) is 0 Å². The minimum Gasteiger partial charge on any atom is -0.461 e. The average Bonchev–Trinajstić information content (AvgIpc) is 2.79. The fourth-order valence-electron chi connectivity index (χ4n) is 3.18. The van der Waals surface area contributed by atoms with Gasteiger partial charge >= 0.3 is 5.97 Å². The standard InChI is InChI=1S/C19H30N2O5/c1-8-26-19(24)17-12(2)16(13(3)20(17)6)18(23)14(4)21(15(5)22)10-9-11-25-7/h14H,8-11H2,1-7H3. The normalized spacial score (nSPS) is 12.0. The maximum atomic E-state index is 13.1. The van der Waals surface area contributed by atoms with Crippen molar-refractivity contribution in [3.8, 4) is 0 Å². The van der Waals surface area contributed by atoms with Gasteiger partial charge in [0.1, 0.15) is 5.69 Å². The van der Waals surface area contributed by atoms with Gasteiger partial charge in [0.25, 0.3) is 0 Å². The molecule has 1 heterocycles. The number of Topliss-reactive ketones (excluding diaryl/α,β-unsaturated/α-hetero) is 1. The van der Waals surface area contributed by atoms with E-state index >= 15 is 0 Å². The molecule has 1 rings (SSSR count). The first-order valence-corrected chi connectivity index (χ1v) is 8.82. The molecule has 1 unspecified atom stereocenters. The molecule has 0 spiro atoms. The molecule has 0 radical (unpaired) electrons. The van der Waals surface area contributed by atoms with E-state index in [-0.39, 0.29) is 18.3 Å². The van der Waals surface area contributed by atoms with Crippen LogP contribution < -0.4 is 0 Å². The Bertz CT molecular complexity index is 678. The lowest BCUT2D eigenvalue weighted by Gasteiger charge is -2.27. The number of carbonyl (C=O) groups excluding carboxylic acids is 3. The van der Waals surface area contributed by atoms with Crippen molar-refractivity contribution in [3.05, 3.63) is 22.5 Å². The first-order chi connectivity index (χ1) is 12.2. The summed E-state index contributed by atoms with van der Waals surface area (Å²) in [6.45, 7) is 9.65. The van der Waals surface area contributed by atoms with Crippen LogP contribution in [0.25, 0.3) is 0 Å². The van der Waals surface area contributed by atoms with Crippen LogP contribution in [0.5, 0.6) is 0 Å². The summed E-state index contributed by atoms with van der Waals surface area (Å²) in [7, 11) is 3.33. The van der Waals surface area contributed by atoms with Gasteiger partial charge in [-0.3, -0.25) is 9.59 Å². The van der Waals surface area contributed by atoms with Crippen molar-refractivity contribution >= 4 is 17.7 Å². The fraction of sp³-hybridized carbons (Fsp3) is 0.632. The third kappa shape index (κ3) is 4.52. The van der Waals surface area contributed by atoms with E-state index in [0.29, 0.717) is 42.1 Å². The van der Waals surface area contributed by atoms with Gasteiger partial charge in [0.15, 0.2) is 5.78 Å². The van der Waals surface area contributed by atoms with Crippen LogP contribution in [-0.2, 0) is 21.3 Å². The predicted molar refractivity (Wildman–Crippen MR) is 98.5 cm³/mol. The second-order valence-corrected chi connectivity index (χ2v) is 6.31.